The first-order valence-electron chi connectivity index (χ1n) is 10.2. The first-order valence-corrected chi connectivity index (χ1v) is 11.4. The minimum Gasteiger partial charge on any atom is -0.439 e. The minimum absolute atomic E-state index is 0.148. The van der Waals surface area contributed by atoms with Gasteiger partial charge in [0.15, 0.2) is 5.13 Å². The number of benzene rings is 2. The molecule has 0 saturated heterocycles. The number of aromatic nitrogens is 2. The largest absolute Gasteiger partial charge is 0.439 e. The topological polar surface area (TPSA) is 84.4 Å². The van der Waals surface area contributed by atoms with Gasteiger partial charge in [-0.3, -0.25) is 14.5 Å². The van der Waals surface area contributed by atoms with E-state index in [9.17, 15) is 9.59 Å². The predicted molar refractivity (Wildman–Crippen MR) is 135 cm³/mol. The quantitative estimate of drug-likeness (QED) is 0.306. The molecule has 2 heterocycles. The van der Waals surface area contributed by atoms with Crippen LogP contribution < -0.4 is 15.0 Å². The number of hydrogen-bond acceptors (Lipinski definition) is 6. The van der Waals surface area contributed by atoms with Crippen LogP contribution in [0.25, 0.3) is 6.08 Å². The summed E-state index contributed by atoms with van der Waals surface area (Å²) >= 11 is 7.18. The van der Waals surface area contributed by atoms with Crippen molar-refractivity contribution in [1.82, 2.24) is 9.97 Å². The molecule has 0 aliphatic rings. The Labute approximate surface area is 205 Å². The van der Waals surface area contributed by atoms with Crippen LogP contribution in [0.3, 0.4) is 0 Å². The van der Waals surface area contributed by atoms with E-state index in [1.54, 1.807) is 47.9 Å². The number of amides is 2. The second-order valence-corrected chi connectivity index (χ2v) is 8.28. The maximum atomic E-state index is 12.3. The van der Waals surface area contributed by atoms with E-state index in [2.05, 4.69) is 15.3 Å². The number of pyridine rings is 1. The lowest BCUT2D eigenvalue weighted by Crippen LogP contribution is -2.22. The van der Waals surface area contributed by atoms with E-state index in [0.29, 0.717) is 33.2 Å². The van der Waals surface area contributed by atoms with Gasteiger partial charge >= 0.3 is 0 Å². The first-order chi connectivity index (χ1) is 16.5. The fraction of sp³-hybridized carbons (Fsp3) is 0.0400. The van der Waals surface area contributed by atoms with Gasteiger partial charge in [0.25, 0.3) is 0 Å². The normalized spacial score (nSPS) is 10.8. The molecule has 4 aromatic rings. The Bertz CT molecular complexity index is 1310. The molecule has 34 heavy (non-hydrogen) atoms. The summed E-state index contributed by atoms with van der Waals surface area (Å²) in [6.45, 7) is 1.48. The summed E-state index contributed by atoms with van der Waals surface area (Å²) in [6, 6.07) is 19.5. The third-order valence-corrected chi connectivity index (χ3v) is 5.57. The first kappa shape index (κ1) is 23.2. The Morgan fingerprint density at radius 3 is 2.50 bits per heavy atom. The molecular formula is C25H19ClN4O3S. The van der Waals surface area contributed by atoms with E-state index in [1.165, 1.54) is 35.4 Å². The number of carbonyl (C=O) groups excluding carboxylic acids is 2. The SMILES string of the molecule is CC(=O)N(c1ccccc1)c1nc(C=CC(=O)Nc2ccc(Oc3ccc(Cl)cc3)nc2)cs1. The molecule has 0 bridgehead atoms. The van der Waals surface area contributed by atoms with Crippen LogP contribution in [0.1, 0.15) is 12.6 Å². The number of hydrogen-bond donors (Lipinski definition) is 1. The summed E-state index contributed by atoms with van der Waals surface area (Å²) in [5, 5.41) is 5.66. The van der Waals surface area contributed by atoms with Crippen molar-refractivity contribution < 1.29 is 14.3 Å². The molecule has 2 aromatic heterocycles. The average Bonchev–Trinajstić information content (AvgIpc) is 3.29. The van der Waals surface area contributed by atoms with Gasteiger partial charge < -0.3 is 10.1 Å². The van der Waals surface area contributed by atoms with Crippen molar-refractivity contribution in [3.63, 3.8) is 0 Å². The highest BCUT2D eigenvalue weighted by Gasteiger charge is 2.17. The lowest BCUT2D eigenvalue weighted by molar-refractivity contribution is -0.116. The fourth-order valence-electron chi connectivity index (χ4n) is 2.94. The molecule has 2 aromatic carbocycles. The van der Waals surface area contributed by atoms with Crippen molar-refractivity contribution in [3.05, 3.63) is 95.1 Å². The molecule has 0 fully saturated rings. The van der Waals surface area contributed by atoms with Crippen LogP contribution in [0.15, 0.2) is 84.4 Å². The third-order valence-electron chi connectivity index (χ3n) is 4.48. The van der Waals surface area contributed by atoms with Crippen molar-refractivity contribution >= 4 is 57.3 Å². The van der Waals surface area contributed by atoms with Crippen molar-refractivity contribution in [3.8, 4) is 11.6 Å². The number of rotatable bonds is 7. The molecule has 0 atom stereocenters. The van der Waals surface area contributed by atoms with E-state index >= 15 is 0 Å². The number of ether oxygens (including phenoxy) is 1. The van der Waals surface area contributed by atoms with Crippen LogP contribution in [0.2, 0.25) is 5.02 Å². The van der Waals surface area contributed by atoms with E-state index in [0.717, 1.165) is 5.69 Å². The average molecular weight is 491 g/mol. The van der Waals surface area contributed by atoms with Crippen molar-refractivity contribution in [2.45, 2.75) is 6.92 Å². The van der Waals surface area contributed by atoms with Gasteiger partial charge in [-0.05, 0) is 48.5 Å². The second-order valence-electron chi connectivity index (χ2n) is 7.01. The number of thiazole rings is 1. The van der Waals surface area contributed by atoms with E-state index in [4.69, 9.17) is 16.3 Å². The second kappa shape index (κ2) is 10.7. The van der Waals surface area contributed by atoms with Gasteiger partial charge in [0.1, 0.15) is 5.75 Å². The number of anilines is 3. The van der Waals surface area contributed by atoms with Gasteiger partial charge in [-0.2, -0.15) is 0 Å². The summed E-state index contributed by atoms with van der Waals surface area (Å²) in [5.74, 6) is 0.508. The van der Waals surface area contributed by atoms with Crippen LogP contribution in [0.4, 0.5) is 16.5 Å². The third kappa shape index (κ3) is 6.06. The maximum Gasteiger partial charge on any atom is 0.248 e. The number of para-hydroxylation sites is 1. The van der Waals surface area contributed by atoms with Crippen molar-refractivity contribution in [2.24, 2.45) is 0 Å². The predicted octanol–water partition coefficient (Wildman–Crippen LogP) is 6.32. The minimum atomic E-state index is -0.339. The molecular weight excluding hydrogens is 472 g/mol. The van der Waals surface area contributed by atoms with Gasteiger partial charge in [-0.15, -0.1) is 11.3 Å². The maximum absolute atomic E-state index is 12.3. The van der Waals surface area contributed by atoms with Crippen LogP contribution in [-0.2, 0) is 9.59 Å². The Hall–Kier alpha value is -4.01. The highest BCUT2D eigenvalue weighted by atomic mass is 35.5. The monoisotopic (exact) mass is 490 g/mol. The summed E-state index contributed by atoms with van der Waals surface area (Å²) in [4.78, 5) is 34.6. The van der Waals surface area contributed by atoms with Gasteiger partial charge in [-0.1, -0.05) is 29.8 Å². The number of halogens is 1. The summed E-state index contributed by atoms with van der Waals surface area (Å²) in [6.07, 6.45) is 4.46. The Balaban J connectivity index is 1.36. The molecule has 0 aliphatic heterocycles. The number of nitrogens with one attached hydrogen (secondary N) is 1. The van der Waals surface area contributed by atoms with Gasteiger partial charge in [0, 0.05) is 29.5 Å². The molecule has 0 spiro atoms. The van der Waals surface area contributed by atoms with Gasteiger partial charge in [0.2, 0.25) is 17.7 Å². The lowest BCUT2D eigenvalue weighted by atomic mass is 10.3. The number of nitrogens with zero attached hydrogens (tertiary/aromatic N) is 3. The van der Waals surface area contributed by atoms with Crippen LogP contribution in [-0.4, -0.2) is 21.8 Å². The van der Waals surface area contributed by atoms with E-state index in [-0.39, 0.29) is 11.8 Å². The van der Waals surface area contributed by atoms with Crippen LogP contribution in [0, 0.1) is 0 Å². The van der Waals surface area contributed by atoms with Gasteiger partial charge in [0.05, 0.1) is 23.3 Å². The Morgan fingerprint density at radius 1 is 1.06 bits per heavy atom. The van der Waals surface area contributed by atoms with Crippen molar-refractivity contribution in [1.29, 1.82) is 0 Å². The zero-order chi connectivity index (χ0) is 23.9. The molecule has 0 aliphatic carbocycles. The van der Waals surface area contributed by atoms with E-state index < -0.39 is 0 Å². The molecule has 0 saturated carbocycles. The molecule has 0 radical (unpaired) electrons. The molecule has 9 heteroatoms. The Kier molecular flexibility index (Phi) is 7.31. The van der Waals surface area contributed by atoms with Crippen molar-refractivity contribution in [2.75, 3.05) is 10.2 Å². The Morgan fingerprint density at radius 2 is 1.82 bits per heavy atom. The standard InChI is InChI=1S/C25H19ClN4O3S/c1-17(31)30(21-5-3-2-4-6-21)25-29-20(16-34-25)9-13-23(32)28-19-10-14-24(27-15-19)33-22-11-7-18(26)8-12-22/h2-16H,1H3,(H,28,32). The van der Waals surface area contributed by atoms with Crippen LogP contribution >= 0.6 is 22.9 Å². The zero-order valence-corrected chi connectivity index (χ0v) is 19.6. The smallest absolute Gasteiger partial charge is 0.248 e. The highest BCUT2D eigenvalue weighted by Crippen LogP contribution is 2.29. The highest BCUT2D eigenvalue weighted by molar-refractivity contribution is 7.14. The molecule has 1 N–H and O–H groups in total. The molecule has 0 unspecified atom stereocenters. The summed E-state index contributed by atoms with van der Waals surface area (Å²) < 4.78 is 5.64. The molecule has 170 valence electrons. The zero-order valence-electron chi connectivity index (χ0n) is 18.0. The van der Waals surface area contributed by atoms with Gasteiger partial charge in [-0.25, -0.2) is 9.97 Å². The number of carbonyl (C=O) groups is 2. The van der Waals surface area contributed by atoms with Crippen LogP contribution in [0.5, 0.6) is 11.6 Å². The molecule has 7 nitrogen and oxygen atoms in total. The van der Waals surface area contributed by atoms with E-state index in [1.807, 2.05) is 30.3 Å². The fourth-order valence-corrected chi connectivity index (χ4v) is 3.92. The molecule has 4 rings (SSSR count). The summed E-state index contributed by atoms with van der Waals surface area (Å²) in [7, 11) is 0. The molecule has 2 amide bonds. The summed E-state index contributed by atoms with van der Waals surface area (Å²) in [5.41, 5.74) is 1.82. The lowest BCUT2D eigenvalue weighted by Gasteiger charge is -2.17.